The smallest absolute Gasteiger partial charge is 0.233 e. The third kappa shape index (κ3) is 2.95. The Kier molecular flexibility index (Phi) is 3.31. The zero-order valence-electron chi connectivity index (χ0n) is 8.91. The monoisotopic (exact) mass is 269 g/mol. The van der Waals surface area contributed by atoms with Crippen LogP contribution in [0.15, 0.2) is 18.2 Å². The number of nitrogens with two attached hydrogens (primary N) is 1. The van der Waals surface area contributed by atoms with Gasteiger partial charge in [-0.05, 0) is 36.2 Å². The van der Waals surface area contributed by atoms with E-state index in [4.69, 9.17) is 28.9 Å². The Morgan fingerprint density at radius 1 is 1.18 bits per heavy atom. The van der Waals surface area contributed by atoms with Gasteiger partial charge in [0.05, 0.1) is 0 Å². The van der Waals surface area contributed by atoms with Crippen molar-refractivity contribution < 1.29 is 0 Å². The molecule has 5 nitrogen and oxygen atoms in total. The van der Waals surface area contributed by atoms with Gasteiger partial charge in [-0.2, -0.15) is 15.0 Å². The maximum Gasteiger partial charge on any atom is 0.233 e. The molecule has 0 spiro atoms. The summed E-state index contributed by atoms with van der Waals surface area (Å²) < 4.78 is 0. The first kappa shape index (κ1) is 11.9. The number of halogens is 2. The van der Waals surface area contributed by atoms with Gasteiger partial charge >= 0.3 is 0 Å². The van der Waals surface area contributed by atoms with Gasteiger partial charge in [0.1, 0.15) is 0 Å². The number of nitrogens with zero attached hydrogens (tertiary/aromatic N) is 3. The normalized spacial score (nSPS) is 10.3. The van der Waals surface area contributed by atoms with E-state index in [1.54, 1.807) is 6.07 Å². The quantitative estimate of drug-likeness (QED) is 0.877. The molecule has 17 heavy (non-hydrogen) atoms. The first-order valence-corrected chi connectivity index (χ1v) is 5.50. The molecular formula is C10H9Cl2N5. The second-order valence-corrected chi connectivity index (χ2v) is 4.12. The van der Waals surface area contributed by atoms with E-state index in [1.807, 2.05) is 19.1 Å². The van der Waals surface area contributed by atoms with Crippen molar-refractivity contribution in [2.75, 3.05) is 11.1 Å². The molecule has 1 aromatic carbocycles. The van der Waals surface area contributed by atoms with Crippen LogP contribution in [0.5, 0.6) is 0 Å². The molecule has 0 radical (unpaired) electrons. The van der Waals surface area contributed by atoms with Gasteiger partial charge < -0.3 is 11.1 Å². The maximum atomic E-state index is 6.00. The molecule has 0 aliphatic carbocycles. The Bertz CT molecular complexity index is 538. The molecule has 0 bridgehead atoms. The largest absolute Gasteiger partial charge is 0.368 e. The lowest BCUT2D eigenvalue weighted by atomic mass is 10.2. The van der Waals surface area contributed by atoms with Crippen molar-refractivity contribution >= 4 is 40.8 Å². The number of hydrogen-bond donors (Lipinski definition) is 2. The molecular weight excluding hydrogens is 261 g/mol. The van der Waals surface area contributed by atoms with Crippen LogP contribution >= 0.6 is 23.2 Å². The molecule has 0 saturated heterocycles. The summed E-state index contributed by atoms with van der Waals surface area (Å²) in [5.74, 6) is 0.341. The highest BCUT2D eigenvalue weighted by molar-refractivity contribution is 6.31. The standard InChI is InChI=1S/C10H9Cl2N5/c1-5-2-3-6(4-7(5)11)14-10-16-8(12)15-9(13)17-10/h2-4H,1H3,(H3,13,14,15,16,17). The molecule has 2 rings (SSSR count). The second kappa shape index (κ2) is 4.73. The van der Waals surface area contributed by atoms with Gasteiger partial charge in [-0.15, -0.1) is 0 Å². The molecule has 3 N–H and O–H groups in total. The van der Waals surface area contributed by atoms with E-state index < -0.39 is 0 Å². The molecule has 0 unspecified atom stereocenters. The fourth-order valence-electron chi connectivity index (χ4n) is 1.22. The van der Waals surface area contributed by atoms with Crippen LogP contribution in [0.3, 0.4) is 0 Å². The van der Waals surface area contributed by atoms with E-state index >= 15 is 0 Å². The summed E-state index contributed by atoms with van der Waals surface area (Å²) in [6, 6.07) is 5.51. The molecule has 0 atom stereocenters. The molecule has 0 saturated carbocycles. The molecule has 7 heteroatoms. The predicted molar refractivity (Wildman–Crippen MR) is 68.7 cm³/mol. The van der Waals surface area contributed by atoms with Crippen molar-refractivity contribution in [1.29, 1.82) is 0 Å². The number of aryl methyl sites for hydroxylation is 1. The van der Waals surface area contributed by atoms with Gasteiger partial charge in [0.2, 0.25) is 17.2 Å². The summed E-state index contributed by atoms with van der Waals surface area (Å²) >= 11 is 11.7. The first-order valence-electron chi connectivity index (χ1n) is 4.75. The Morgan fingerprint density at radius 3 is 2.59 bits per heavy atom. The van der Waals surface area contributed by atoms with E-state index in [0.29, 0.717) is 5.02 Å². The molecule has 0 aliphatic heterocycles. The number of aromatic nitrogens is 3. The Morgan fingerprint density at radius 2 is 1.94 bits per heavy atom. The van der Waals surface area contributed by atoms with Crippen LogP contribution < -0.4 is 11.1 Å². The number of hydrogen-bond acceptors (Lipinski definition) is 5. The Balaban J connectivity index is 2.28. The SMILES string of the molecule is Cc1ccc(Nc2nc(N)nc(Cl)n2)cc1Cl. The molecule has 1 aromatic heterocycles. The Hall–Kier alpha value is -1.59. The topological polar surface area (TPSA) is 76.7 Å². The second-order valence-electron chi connectivity index (χ2n) is 3.38. The highest BCUT2D eigenvalue weighted by Crippen LogP contribution is 2.22. The van der Waals surface area contributed by atoms with Gasteiger partial charge in [0.15, 0.2) is 0 Å². The summed E-state index contributed by atoms with van der Waals surface area (Å²) in [6.07, 6.45) is 0. The minimum Gasteiger partial charge on any atom is -0.368 e. The summed E-state index contributed by atoms with van der Waals surface area (Å²) in [5, 5.41) is 3.64. The lowest BCUT2D eigenvalue weighted by molar-refractivity contribution is 1.07. The Labute approximate surface area is 108 Å². The number of nitrogens with one attached hydrogen (secondary N) is 1. The summed E-state index contributed by atoms with van der Waals surface area (Å²) in [6.45, 7) is 1.92. The summed E-state index contributed by atoms with van der Waals surface area (Å²) in [4.78, 5) is 11.5. The fraction of sp³-hybridized carbons (Fsp3) is 0.100. The van der Waals surface area contributed by atoms with Gasteiger partial charge in [-0.3, -0.25) is 0 Å². The van der Waals surface area contributed by atoms with Gasteiger partial charge in [0, 0.05) is 10.7 Å². The number of benzene rings is 1. The van der Waals surface area contributed by atoms with Crippen molar-refractivity contribution in [3.8, 4) is 0 Å². The molecule has 0 aliphatic rings. The number of rotatable bonds is 2. The molecule has 2 aromatic rings. The van der Waals surface area contributed by atoms with Crippen LogP contribution in [-0.2, 0) is 0 Å². The average Bonchev–Trinajstić information content (AvgIpc) is 2.22. The van der Waals surface area contributed by atoms with Crippen LogP contribution in [0.1, 0.15) is 5.56 Å². The minimum absolute atomic E-state index is 0.0400. The molecule has 0 amide bonds. The third-order valence-corrected chi connectivity index (χ3v) is 2.63. The van der Waals surface area contributed by atoms with Gasteiger partial charge in [-0.25, -0.2) is 0 Å². The van der Waals surface area contributed by atoms with Crippen LogP contribution in [0.25, 0.3) is 0 Å². The number of nitrogen functional groups attached to an aromatic ring is 1. The summed E-state index contributed by atoms with van der Waals surface area (Å²) in [5.41, 5.74) is 7.20. The zero-order chi connectivity index (χ0) is 12.4. The highest BCUT2D eigenvalue weighted by Gasteiger charge is 2.04. The van der Waals surface area contributed by atoms with Crippen LogP contribution in [0.4, 0.5) is 17.6 Å². The van der Waals surface area contributed by atoms with E-state index in [0.717, 1.165) is 11.3 Å². The highest BCUT2D eigenvalue weighted by atomic mass is 35.5. The lowest BCUT2D eigenvalue weighted by Gasteiger charge is -2.06. The molecule has 0 fully saturated rings. The zero-order valence-corrected chi connectivity index (χ0v) is 10.4. The fourth-order valence-corrected chi connectivity index (χ4v) is 1.57. The molecule has 1 heterocycles. The van der Waals surface area contributed by atoms with Crippen molar-refractivity contribution in [2.45, 2.75) is 6.92 Å². The molecule has 88 valence electrons. The maximum absolute atomic E-state index is 6.00. The van der Waals surface area contributed by atoms with E-state index in [2.05, 4.69) is 20.3 Å². The number of anilines is 3. The van der Waals surface area contributed by atoms with E-state index in [1.165, 1.54) is 0 Å². The average molecular weight is 270 g/mol. The third-order valence-electron chi connectivity index (χ3n) is 2.05. The van der Waals surface area contributed by atoms with Crippen LogP contribution in [0, 0.1) is 6.92 Å². The van der Waals surface area contributed by atoms with Crippen LogP contribution in [0.2, 0.25) is 10.3 Å². The van der Waals surface area contributed by atoms with Crippen LogP contribution in [-0.4, -0.2) is 15.0 Å². The predicted octanol–water partition coefficient (Wildman–Crippen LogP) is 2.81. The van der Waals surface area contributed by atoms with Gasteiger partial charge in [0.25, 0.3) is 0 Å². The van der Waals surface area contributed by atoms with E-state index in [-0.39, 0.29) is 17.2 Å². The lowest BCUT2D eigenvalue weighted by Crippen LogP contribution is -2.03. The first-order chi connectivity index (χ1) is 8.04. The van der Waals surface area contributed by atoms with Crippen molar-refractivity contribution in [3.63, 3.8) is 0 Å². The van der Waals surface area contributed by atoms with E-state index in [9.17, 15) is 0 Å². The minimum atomic E-state index is 0.0400. The van der Waals surface area contributed by atoms with Crippen molar-refractivity contribution in [3.05, 3.63) is 34.1 Å². The van der Waals surface area contributed by atoms with Gasteiger partial charge in [-0.1, -0.05) is 17.7 Å². The summed E-state index contributed by atoms with van der Waals surface area (Å²) in [7, 11) is 0. The van der Waals surface area contributed by atoms with Crippen molar-refractivity contribution in [2.24, 2.45) is 0 Å². The van der Waals surface area contributed by atoms with Crippen molar-refractivity contribution in [1.82, 2.24) is 15.0 Å².